The maximum absolute atomic E-state index is 13.2. The molecule has 1 saturated heterocycles. The SMILES string of the molecule is CC1Cc2ccccc2N1C(=O)c1ccc(N2C(=O)C3CCCCC3C2=O)cc1. The lowest BCUT2D eigenvalue weighted by Gasteiger charge is -2.23. The number of anilines is 2. The van der Waals surface area contributed by atoms with Crippen LogP contribution in [0.15, 0.2) is 48.5 Å². The van der Waals surface area contributed by atoms with Crippen LogP contribution in [-0.2, 0) is 16.0 Å². The number of nitrogens with zero attached hydrogens (tertiary/aromatic N) is 2. The van der Waals surface area contributed by atoms with Crippen molar-refractivity contribution in [2.75, 3.05) is 9.80 Å². The maximum Gasteiger partial charge on any atom is 0.258 e. The fourth-order valence-electron chi connectivity index (χ4n) is 5.18. The third-order valence-electron chi connectivity index (χ3n) is 6.64. The standard InChI is InChI=1S/C24H24N2O3/c1-15-14-17-6-2-5-9-21(17)25(15)22(27)16-10-12-18(13-11-16)26-23(28)19-7-3-4-8-20(19)24(26)29/h2,5-6,9-13,15,19-20H,3-4,7-8,14H2,1H3. The number of hydrogen-bond donors (Lipinski definition) is 0. The molecule has 3 amide bonds. The van der Waals surface area contributed by atoms with Crippen molar-refractivity contribution in [2.45, 2.75) is 45.1 Å². The van der Waals surface area contributed by atoms with Gasteiger partial charge in [-0.1, -0.05) is 31.0 Å². The summed E-state index contributed by atoms with van der Waals surface area (Å²) < 4.78 is 0. The highest BCUT2D eigenvalue weighted by Crippen LogP contribution is 2.40. The molecular weight excluding hydrogens is 364 g/mol. The van der Waals surface area contributed by atoms with Gasteiger partial charge in [-0.15, -0.1) is 0 Å². The van der Waals surface area contributed by atoms with Gasteiger partial charge in [-0.25, -0.2) is 0 Å². The van der Waals surface area contributed by atoms with Gasteiger partial charge in [0.15, 0.2) is 0 Å². The quantitative estimate of drug-likeness (QED) is 0.732. The van der Waals surface area contributed by atoms with Gasteiger partial charge in [-0.3, -0.25) is 19.3 Å². The predicted molar refractivity (Wildman–Crippen MR) is 111 cm³/mol. The van der Waals surface area contributed by atoms with Crippen molar-refractivity contribution in [1.29, 1.82) is 0 Å². The van der Waals surface area contributed by atoms with E-state index < -0.39 is 0 Å². The Bertz CT molecular complexity index is 973. The molecule has 3 atom stereocenters. The molecule has 5 heteroatoms. The highest BCUT2D eigenvalue weighted by atomic mass is 16.2. The van der Waals surface area contributed by atoms with Gasteiger partial charge in [0.05, 0.1) is 17.5 Å². The van der Waals surface area contributed by atoms with Gasteiger partial charge in [-0.05, 0) is 62.1 Å². The molecule has 0 N–H and O–H groups in total. The van der Waals surface area contributed by atoms with Gasteiger partial charge < -0.3 is 4.90 Å². The molecule has 29 heavy (non-hydrogen) atoms. The normalized spacial score (nSPS) is 25.9. The summed E-state index contributed by atoms with van der Waals surface area (Å²) >= 11 is 0. The van der Waals surface area contributed by atoms with Crippen LogP contribution in [0.25, 0.3) is 0 Å². The summed E-state index contributed by atoms with van der Waals surface area (Å²) in [7, 11) is 0. The molecule has 148 valence electrons. The van der Waals surface area contributed by atoms with Gasteiger partial charge >= 0.3 is 0 Å². The molecular formula is C24H24N2O3. The van der Waals surface area contributed by atoms with Gasteiger partial charge in [-0.2, -0.15) is 0 Å². The summed E-state index contributed by atoms with van der Waals surface area (Å²) in [6, 6.07) is 15.0. The Labute approximate surface area is 170 Å². The largest absolute Gasteiger partial charge is 0.305 e. The van der Waals surface area contributed by atoms with E-state index in [-0.39, 0.29) is 35.6 Å². The Morgan fingerprint density at radius 1 is 0.897 bits per heavy atom. The Morgan fingerprint density at radius 3 is 2.17 bits per heavy atom. The second kappa shape index (κ2) is 6.83. The number of rotatable bonds is 2. The van der Waals surface area contributed by atoms with Crippen LogP contribution in [0, 0.1) is 11.8 Å². The Hall–Kier alpha value is -2.95. The number of benzene rings is 2. The Balaban J connectivity index is 1.40. The van der Waals surface area contributed by atoms with Gasteiger partial charge in [0.25, 0.3) is 5.91 Å². The lowest BCUT2D eigenvalue weighted by molar-refractivity contribution is -0.122. The molecule has 5 rings (SSSR count). The first kappa shape index (κ1) is 18.1. The molecule has 2 aromatic rings. The summed E-state index contributed by atoms with van der Waals surface area (Å²) in [4.78, 5) is 41.9. The lowest BCUT2D eigenvalue weighted by atomic mass is 9.81. The van der Waals surface area contributed by atoms with Crippen molar-refractivity contribution in [3.63, 3.8) is 0 Å². The van der Waals surface area contributed by atoms with Crippen LogP contribution < -0.4 is 9.80 Å². The number of imide groups is 1. The van der Waals surface area contributed by atoms with E-state index in [2.05, 4.69) is 13.0 Å². The van der Waals surface area contributed by atoms with Crippen LogP contribution in [0.4, 0.5) is 11.4 Å². The molecule has 0 radical (unpaired) electrons. The van der Waals surface area contributed by atoms with E-state index in [4.69, 9.17) is 0 Å². The highest BCUT2D eigenvalue weighted by Gasteiger charge is 2.48. The van der Waals surface area contributed by atoms with Crippen molar-refractivity contribution < 1.29 is 14.4 Å². The van der Waals surface area contributed by atoms with Crippen LogP contribution in [0.5, 0.6) is 0 Å². The third kappa shape index (κ3) is 2.79. The molecule has 2 heterocycles. The Morgan fingerprint density at radius 2 is 1.52 bits per heavy atom. The van der Waals surface area contributed by atoms with Crippen molar-refractivity contribution in [3.05, 3.63) is 59.7 Å². The minimum atomic E-state index is -0.167. The molecule has 3 aliphatic rings. The average molecular weight is 388 g/mol. The van der Waals surface area contributed by atoms with Gasteiger partial charge in [0.2, 0.25) is 11.8 Å². The molecule has 0 bridgehead atoms. The number of fused-ring (bicyclic) bond motifs is 2. The monoisotopic (exact) mass is 388 g/mol. The first-order valence-corrected chi connectivity index (χ1v) is 10.5. The summed E-state index contributed by atoms with van der Waals surface area (Å²) in [5, 5.41) is 0. The molecule has 0 spiro atoms. The number of carbonyl (C=O) groups excluding carboxylic acids is 3. The minimum Gasteiger partial charge on any atom is -0.305 e. The van der Waals surface area contributed by atoms with Crippen molar-refractivity contribution in [1.82, 2.24) is 0 Å². The molecule has 3 unspecified atom stereocenters. The number of carbonyl (C=O) groups is 3. The predicted octanol–water partition coefficient (Wildman–Crippen LogP) is 3.96. The van der Waals surface area contributed by atoms with Crippen LogP contribution in [0.1, 0.15) is 48.5 Å². The van der Waals surface area contributed by atoms with Crippen LogP contribution in [0.3, 0.4) is 0 Å². The molecule has 1 saturated carbocycles. The number of hydrogen-bond acceptors (Lipinski definition) is 3. The molecule has 2 aliphatic heterocycles. The van der Waals surface area contributed by atoms with E-state index in [0.29, 0.717) is 11.3 Å². The molecule has 1 aliphatic carbocycles. The van der Waals surface area contributed by atoms with Crippen LogP contribution >= 0.6 is 0 Å². The van der Waals surface area contributed by atoms with Gasteiger partial charge in [0.1, 0.15) is 0 Å². The van der Waals surface area contributed by atoms with Crippen LogP contribution in [0.2, 0.25) is 0 Å². The minimum absolute atomic E-state index is 0.0539. The van der Waals surface area contributed by atoms with E-state index in [0.717, 1.165) is 37.8 Å². The molecule has 2 aromatic carbocycles. The zero-order chi connectivity index (χ0) is 20.1. The van der Waals surface area contributed by atoms with Crippen molar-refractivity contribution in [3.8, 4) is 0 Å². The summed E-state index contributed by atoms with van der Waals surface area (Å²) in [5.74, 6) is -0.553. The smallest absolute Gasteiger partial charge is 0.258 e. The second-order valence-electron chi connectivity index (χ2n) is 8.41. The van der Waals surface area contributed by atoms with E-state index >= 15 is 0 Å². The zero-order valence-electron chi connectivity index (χ0n) is 16.5. The van der Waals surface area contributed by atoms with Crippen molar-refractivity contribution >= 4 is 29.1 Å². The maximum atomic E-state index is 13.2. The molecule has 5 nitrogen and oxygen atoms in total. The molecule has 0 aromatic heterocycles. The third-order valence-corrected chi connectivity index (χ3v) is 6.64. The lowest BCUT2D eigenvalue weighted by Crippen LogP contribution is -2.35. The number of amides is 3. The topological polar surface area (TPSA) is 57.7 Å². The van der Waals surface area contributed by atoms with Crippen LogP contribution in [-0.4, -0.2) is 23.8 Å². The summed E-state index contributed by atoms with van der Waals surface area (Å²) in [5.41, 5.74) is 3.28. The summed E-state index contributed by atoms with van der Waals surface area (Å²) in [6.07, 6.45) is 4.47. The fraction of sp³-hybridized carbons (Fsp3) is 0.375. The zero-order valence-corrected chi connectivity index (χ0v) is 16.5. The summed E-state index contributed by atoms with van der Waals surface area (Å²) in [6.45, 7) is 2.05. The van der Waals surface area contributed by atoms with Crippen molar-refractivity contribution in [2.24, 2.45) is 11.8 Å². The van der Waals surface area contributed by atoms with E-state index in [9.17, 15) is 14.4 Å². The first-order chi connectivity index (χ1) is 14.1. The average Bonchev–Trinajstić information content (AvgIpc) is 3.21. The first-order valence-electron chi connectivity index (χ1n) is 10.5. The second-order valence-corrected chi connectivity index (χ2v) is 8.41. The van der Waals surface area contributed by atoms with E-state index in [1.165, 1.54) is 10.5 Å². The van der Waals surface area contributed by atoms with Gasteiger partial charge in [0, 0.05) is 17.3 Å². The Kier molecular flexibility index (Phi) is 4.26. The van der Waals surface area contributed by atoms with E-state index in [1.807, 2.05) is 23.1 Å². The molecule has 2 fully saturated rings. The highest BCUT2D eigenvalue weighted by molar-refractivity contribution is 6.22. The fourth-order valence-corrected chi connectivity index (χ4v) is 5.18. The number of para-hydroxylation sites is 1. The van der Waals surface area contributed by atoms with E-state index in [1.54, 1.807) is 24.3 Å².